The van der Waals surface area contributed by atoms with Gasteiger partial charge in [0.2, 0.25) is 0 Å². The lowest BCUT2D eigenvalue weighted by atomic mass is 9.87. The molecule has 0 saturated carbocycles. The largest absolute Gasteiger partial charge is 0.309 e. The second kappa shape index (κ2) is 10.7. The summed E-state index contributed by atoms with van der Waals surface area (Å²) in [6, 6.07) is 61.1. The van der Waals surface area contributed by atoms with Crippen LogP contribution >= 0.6 is 0 Å². The van der Waals surface area contributed by atoms with E-state index in [1.54, 1.807) is 0 Å². The Balaban J connectivity index is 1.23. The Labute approximate surface area is 283 Å². The highest BCUT2D eigenvalue weighted by atomic mass is 15.0. The van der Waals surface area contributed by atoms with Gasteiger partial charge in [0.05, 0.1) is 17.6 Å². The summed E-state index contributed by atoms with van der Waals surface area (Å²) in [5, 5.41) is 12.3. The van der Waals surface area contributed by atoms with E-state index in [0.29, 0.717) is 5.69 Å². The van der Waals surface area contributed by atoms with Crippen molar-refractivity contribution in [3.05, 3.63) is 181 Å². The molecule has 0 atom stereocenters. The van der Waals surface area contributed by atoms with Crippen molar-refractivity contribution >= 4 is 70.6 Å². The van der Waals surface area contributed by atoms with E-state index in [1.165, 1.54) is 59.8 Å². The van der Waals surface area contributed by atoms with Gasteiger partial charge in [-0.3, -0.25) is 0 Å². The Morgan fingerprint density at radius 2 is 0.959 bits per heavy atom. The number of nitrogens with zero attached hydrogens (tertiary/aromatic N) is 2. The number of rotatable bonds is 3. The van der Waals surface area contributed by atoms with E-state index >= 15 is 0 Å². The fraction of sp³-hybridized carbons (Fsp3) is 0. The molecule has 0 spiro atoms. The molecule has 2 heteroatoms. The fourth-order valence-electron chi connectivity index (χ4n) is 7.97. The standard InChI is InChI=1S/C47H28N2/c1-48-32-21-26-47-45(28-32)44-27-31(20-25-46(44)49(47)33-12-3-2-4-13-33)35-23-24-41(37-16-8-7-15-36(35)37)43-29-42-34-14-6-5-11-30(34)19-22-40(42)38-17-9-10-18-39(38)43/h2-29H. The maximum Gasteiger partial charge on any atom is 0.188 e. The molecule has 0 aliphatic carbocycles. The predicted molar refractivity (Wildman–Crippen MR) is 208 cm³/mol. The van der Waals surface area contributed by atoms with Gasteiger partial charge in [-0.05, 0) is 113 Å². The van der Waals surface area contributed by atoms with Crippen LogP contribution in [0.3, 0.4) is 0 Å². The molecule has 1 heterocycles. The molecule has 1 aromatic heterocycles. The van der Waals surface area contributed by atoms with E-state index in [1.807, 2.05) is 18.2 Å². The molecule has 0 amide bonds. The summed E-state index contributed by atoms with van der Waals surface area (Å²) < 4.78 is 2.30. The highest BCUT2D eigenvalue weighted by Gasteiger charge is 2.17. The Hall–Kier alpha value is -6.69. The molecule has 10 aromatic rings. The van der Waals surface area contributed by atoms with E-state index in [-0.39, 0.29) is 0 Å². The number of para-hydroxylation sites is 1. The Kier molecular flexibility index (Phi) is 5.97. The van der Waals surface area contributed by atoms with Crippen LogP contribution in [0.2, 0.25) is 0 Å². The summed E-state index contributed by atoms with van der Waals surface area (Å²) in [7, 11) is 0. The minimum atomic E-state index is 0.648. The van der Waals surface area contributed by atoms with E-state index in [2.05, 4.69) is 161 Å². The molecule has 49 heavy (non-hydrogen) atoms. The maximum absolute atomic E-state index is 7.71. The third-order valence-electron chi connectivity index (χ3n) is 10.2. The number of benzene rings is 9. The second-order valence-corrected chi connectivity index (χ2v) is 12.8. The van der Waals surface area contributed by atoms with Crippen LogP contribution in [0.25, 0.3) is 97.7 Å². The van der Waals surface area contributed by atoms with Crippen LogP contribution in [-0.4, -0.2) is 4.57 Å². The van der Waals surface area contributed by atoms with Gasteiger partial charge in [0.1, 0.15) is 0 Å². The van der Waals surface area contributed by atoms with Crippen LogP contribution in [0.15, 0.2) is 170 Å². The van der Waals surface area contributed by atoms with Gasteiger partial charge >= 0.3 is 0 Å². The molecule has 10 rings (SSSR count). The minimum absolute atomic E-state index is 0.648. The van der Waals surface area contributed by atoms with Gasteiger partial charge in [-0.1, -0.05) is 127 Å². The fourth-order valence-corrected chi connectivity index (χ4v) is 7.97. The van der Waals surface area contributed by atoms with Gasteiger partial charge in [-0.25, -0.2) is 4.85 Å². The van der Waals surface area contributed by atoms with Crippen molar-refractivity contribution in [2.24, 2.45) is 0 Å². The molecule has 0 unspecified atom stereocenters. The van der Waals surface area contributed by atoms with Crippen LogP contribution in [0, 0.1) is 6.57 Å². The van der Waals surface area contributed by atoms with Gasteiger partial charge in [-0.15, -0.1) is 0 Å². The first-order valence-corrected chi connectivity index (χ1v) is 16.6. The van der Waals surface area contributed by atoms with E-state index in [0.717, 1.165) is 33.1 Å². The Morgan fingerprint density at radius 3 is 1.73 bits per heavy atom. The molecule has 0 aliphatic rings. The summed E-state index contributed by atoms with van der Waals surface area (Å²) in [6.45, 7) is 7.71. The van der Waals surface area contributed by atoms with E-state index in [9.17, 15) is 0 Å². The highest BCUT2D eigenvalue weighted by molar-refractivity contribution is 6.23. The molecule has 9 aromatic carbocycles. The van der Waals surface area contributed by atoms with Gasteiger partial charge < -0.3 is 4.57 Å². The van der Waals surface area contributed by atoms with E-state index in [4.69, 9.17) is 6.57 Å². The Morgan fingerprint density at radius 1 is 0.367 bits per heavy atom. The second-order valence-electron chi connectivity index (χ2n) is 12.8. The SMILES string of the molecule is [C-]#[N+]c1ccc2c(c1)c1cc(-c3ccc(-c4cc5c6ccccc6ccc5c5ccccc45)c4ccccc34)ccc1n2-c1ccccc1. The van der Waals surface area contributed by atoms with Crippen molar-refractivity contribution in [3.8, 4) is 27.9 Å². The van der Waals surface area contributed by atoms with Gasteiger partial charge in [-0.2, -0.15) is 0 Å². The van der Waals surface area contributed by atoms with Gasteiger partial charge in [0.25, 0.3) is 0 Å². The van der Waals surface area contributed by atoms with Gasteiger partial charge in [0, 0.05) is 11.1 Å². The molecule has 0 radical (unpaired) electrons. The summed E-state index contributed by atoms with van der Waals surface area (Å²) >= 11 is 0. The molecule has 0 N–H and O–H groups in total. The normalized spacial score (nSPS) is 11.7. The van der Waals surface area contributed by atoms with Crippen LogP contribution in [0.4, 0.5) is 5.69 Å². The van der Waals surface area contributed by atoms with E-state index < -0.39 is 0 Å². The average Bonchev–Trinajstić information content (AvgIpc) is 3.50. The summed E-state index contributed by atoms with van der Waals surface area (Å²) in [6.07, 6.45) is 0. The average molecular weight is 621 g/mol. The number of aromatic nitrogens is 1. The molecule has 0 fully saturated rings. The lowest BCUT2D eigenvalue weighted by Crippen LogP contribution is -1.93. The molecular formula is C47H28N2. The monoisotopic (exact) mass is 620 g/mol. The van der Waals surface area contributed by atoms with Crippen LogP contribution in [-0.2, 0) is 0 Å². The zero-order valence-electron chi connectivity index (χ0n) is 26.6. The van der Waals surface area contributed by atoms with Gasteiger partial charge in [0.15, 0.2) is 5.69 Å². The molecule has 0 saturated heterocycles. The molecule has 2 nitrogen and oxygen atoms in total. The van der Waals surface area contributed by atoms with Crippen molar-refractivity contribution in [2.75, 3.05) is 0 Å². The lowest BCUT2D eigenvalue weighted by molar-refractivity contribution is 1.18. The molecule has 226 valence electrons. The van der Waals surface area contributed by atoms with Crippen molar-refractivity contribution in [1.82, 2.24) is 4.57 Å². The van der Waals surface area contributed by atoms with Crippen molar-refractivity contribution < 1.29 is 0 Å². The lowest BCUT2D eigenvalue weighted by Gasteiger charge is -2.16. The molecule has 0 aliphatic heterocycles. The molecular weight excluding hydrogens is 593 g/mol. The van der Waals surface area contributed by atoms with Crippen LogP contribution in [0.1, 0.15) is 0 Å². The summed E-state index contributed by atoms with van der Waals surface area (Å²) in [4.78, 5) is 3.77. The third-order valence-corrected chi connectivity index (χ3v) is 10.2. The summed E-state index contributed by atoms with van der Waals surface area (Å²) in [5.74, 6) is 0. The first kappa shape index (κ1) is 27.4. The zero-order valence-corrected chi connectivity index (χ0v) is 26.6. The third kappa shape index (κ3) is 4.13. The first-order chi connectivity index (χ1) is 24.3. The smallest absolute Gasteiger partial charge is 0.188 e. The molecule has 0 bridgehead atoms. The number of hydrogen-bond acceptors (Lipinski definition) is 0. The zero-order chi connectivity index (χ0) is 32.5. The predicted octanol–water partition coefficient (Wildman–Crippen LogP) is 13.3. The van der Waals surface area contributed by atoms with Crippen LogP contribution < -0.4 is 0 Å². The van der Waals surface area contributed by atoms with Crippen molar-refractivity contribution in [2.45, 2.75) is 0 Å². The first-order valence-electron chi connectivity index (χ1n) is 16.6. The van der Waals surface area contributed by atoms with Crippen molar-refractivity contribution in [3.63, 3.8) is 0 Å². The Bertz CT molecular complexity index is 3000. The van der Waals surface area contributed by atoms with Crippen LogP contribution in [0.5, 0.6) is 0 Å². The number of hydrogen-bond donors (Lipinski definition) is 0. The summed E-state index contributed by atoms with van der Waals surface area (Å²) in [5.41, 5.74) is 8.81. The number of fused-ring (bicyclic) bond motifs is 9. The van der Waals surface area contributed by atoms with Crippen molar-refractivity contribution in [1.29, 1.82) is 0 Å². The minimum Gasteiger partial charge on any atom is -0.309 e. The topological polar surface area (TPSA) is 9.29 Å². The quantitative estimate of drug-likeness (QED) is 0.137. The highest BCUT2D eigenvalue weighted by Crippen LogP contribution is 2.43. The maximum atomic E-state index is 7.71.